The third-order valence-electron chi connectivity index (χ3n) is 5.86. The summed E-state index contributed by atoms with van der Waals surface area (Å²) in [5.41, 5.74) is 8.14. The van der Waals surface area contributed by atoms with E-state index in [2.05, 4.69) is 68.5 Å². The van der Waals surface area contributed by atoms with Crippen molar-refractivity contribution >= 4 is 33.9 Å². The topological polar surface area (TPSA) is 90.9 Å². The molecule has 4 aromatic rings. The first-order chi connectivity index (χ1) is 16.2. The van der Waals surface area contributed by atoms with E-state index in [1.807, 2.05) is 18.3 Å². The number of amidine groups is 1. The van der Waals surface area contributed by atoms with Gasteiger partial charge in [-0.2, -0.15) is 0 Å². The van der Waals surface area contributed by atoms with Gasteiger partial charge in [-0.15, -0.1) is 0 Å². The first-order valence-corrected chi connectivity index (χ1v) is 10.9. The van der Waals surface area contributed by atoms with Crippen LogP contribution in [0.25, 0.3) is 27.6 Å². The van der Waals surface area contributed by atoms with Crippen molar-refractivity contribution in [2.75, 3.05) is 24.2 Å². The van der Waals surface area contributed by atoms with Gasteiger partial charge in [0.15, 0.2) is 0 Å². The van der Waals surface area contributed by atoms with Gasteiger partial charge in [-0.3, -0.25) is 9.98 Å². The quantitative estimate of drug-likeness (QED) is 0.410. The van der Waals surface area contributed by atoms with E-state index in [0.717, 1.165) is 34.5 Å². The van der Waals surface area contributed by atoms with Crippen molar-refractivity contribution in [1.82, 2.24) is 19.9 Å². The predicted octanol–water partition coefficient (Wildman–Crippen LogP) is 5.01. The molecule has 1 aliphatic heterocycles. The lowest BCUT2D eigenvalue weighted by Crippen LogP contribution is -2.14. The SMILES string of the molecule is C=C/C=C1\C(=NC)Nc2cnccc2-c2cnc(NCCc3c[nH]c4c(C)cccc34)nc21. The number of aryl methyl sites for hydroxylation is 1. The summed E-state index contributed by atoms with van der Waals surface area (Å²) in [5.74, 6) is 1.29. The van der Waals surface area contributed by atoms with Crippen molar-refractivity contribution < 1.29 is 0 Å². The lowest BCUT2D eigenvalue weighted by molar-refractivity contribution is 0.988. The van der Waals surface area contributed by atoms with Gasteiger partial charge in [0.2, 0.25) is 5.95 Å². The zero-order valence-corrected chi connectivity index (χ0v) is 18.7. The maximum atomic E-state index is 4.88. The van der Waals surface area contributed by atoms with Crippen LogP contribution in [0.1, 0.15) is 16.8 Å². The highest BCUT2D eigenvalue weighted by Crippen LogP contribution is 2.36. The molecule has 0 spiro atoms. The Balaban J connectivity index is 1.46. The summed E-state index contributed by atoms with van der Waals surface area (Å²) >= 11 is 0. The van der Waals surface area contributed by atoms with E-state index in [1.165, 1.54) is 22.0 Å². The van der Waals surface area contributed by atoms with Crippen LogP contribution in [0.15, 0.2) is 72.8 Å². The highest BCUT2D eigenvalue weighted by Gasteiger charge is 2.24. The zero-order valence-electron chi connectivity index (χ0n) is 18.7. The fourth-order valence-electron chi connectivity index (χ4n) is 4.24. The average molecular weight is 436 g/mol. The summed E-state index contributed by atoms with van der Waals surface area (Å²) in [5, 5.41) is 8.02. The van der Waals surface area contributed by atoms with Gasteiger partial charge in [0.25, 0.3) is 0 Å². The number of fused-ring (bicyclic) bond motifs is 4. The zero-order chi connectivity index (χ0) is 22.8. The molecule has 0 saturated heterocycles. The minimum Gasteiger partial charge on any atom is -0.361 e. The lowest BCUT2D eigenvalue weighted by atomic mass is 10.0. The third-order valence-corrected chi connectivity index (χ3v) is 5.86. The number of aromatic amines is 1. The summed E-state index contributed by atoms with van der Waals surface area (Å²) < 4.78 is 0. The highest BCUT2D eigenvalue weighted by atomic mass is 15.1. The highest BCUT2D eigenvalue weighted by molar-refractivity contribution is 6.31. The van der Waals surface area contributed by atoms with E-state index < -0.39 is 0 Å². The van der Waals surface area contributed by atoms with Crippen LogP contribution in [0.2, 0.25) is 0 Å². The number of pyridine rings is 1. The molecule has 3 aromatic heterocycles. The van der Waals surface area contributed by atoms with E-state index in [4.69, 9.17) is 4.98 Å². The van der Waals surface area contributed by atoms with Crippen LogP contribution in [0, 0.1) is 6.92 Å². The van der Waals surface area contributed by atoms with Crippen LogP contribution in [0.3, 0.4) is 0 Å². The number of allylic oxidation sites excluding steroid dienone is 2. The van der Waals surface area contributed by atoms with Crippen molar-refractivity contribution in [3.8, 4) is 11.1 Å². The molecule has 3 N–H and O–H groups in total. The predicted molar refractivity (Wildman–Crippen MR) is 136 cm³/mol. The second-order valence-electron chi connectivity index (χ2n) is 7.88. The van der Waals surface area contributed by atoms with Crippen LogP contribution < -0.4 is 10.6 Å². The summed E-state index contributed by atoms with van der Waals surface area (Å²) in [6, 6.07) is 8.33. The molecule has 0 atom stereocenters. The van der Waals surface area contributed by atoms with Gasteiger partial charge in [0, 0.05) is 59.8 Å². The Labute approximate surface area is 192 Å². The van der Waals surface area contributed by atoms with Crippen LogP contribution in [-0.2, 0) is 6.42 Å². The Bertz CT molecular complexity index is 1410. The number of aliphatic imine (C=N–C) groups is 1. The number of aromatic nitrogens is 4. The Hall–Kier alpha value is -4.26. The van der Waals surface area contributed by atoms with Gasteiger partial charge in [0.1, 0.15) is 5.84 Å². The first-order valence-electron chi connectivity index (χ1n) is 10.9. The van der Waals surface area contributed by atoms with E-state index in [1.54, 1.807) is 25.5 Å². The third kappa shape index (κ3) is 3.78. The Kier molecular flexibility index (Phi) is 5.44. The van der Waals surface area contributed by atoms with E-state index in [-0.39, 0.29) is 0 Å². The van der Waals surface area contributed by atoms with Crippen LogP contribution in [-0.4, -0.2) is 39.4 Å². The number of nitrogens with one attached hydrogen (secondary N) is 3. The van der Waals surface area contributed by atoms with Crippen molar-refractivity contribution in [2.24, 2.45) is 4.99 Å². The Morgan fingerprint density at radius 2 is 2.09 bits per heavy atom. The van der Waals surface area contributed by atoms with Crippen LogP contribution >= 0.6 is 0 Å². The molecule has 0 unspecified atom stereocenters. The second kappa shape index (κ2) is 8.70. The molecule has 0 radical (unpaired) electrons. The number of hydrogen-bond acceptors (Lipinski definition) is 5. The molecular formula is C26H25N7. The number of rotatable bonds is 5. The first kappa shape index (κ1) is 20.6. The molecule has 1 aromatic carbocycles. The maximum Gasteiger partial charge on any atom is 0.223 e. The molecule has 0 fully saturated rings. The minimum atomic E-state index is 0.577. The van der Waals surface area contributed by atoms with Crippen LogP contribution in [0.4, 0.5) is 11.6 Å². The normalized spacial score (nSPS) is 15.1. The molecule has 0 saturated carbocycles. The molecule has 0 bridgehead atoms. The van der Waals surface area contributed by atoms with Crippen molar-refractivity contribution in [1.29, 1.82) is 0 Å². The van der Waals surface area contributed by atoms with Crippen molar-refractivity contribution in [3.05, 3.63) is 84.6 Å². The summed E-state index contributed by atoms with van der Waals surface area (Å²) in [6.45, 7) is 6.71. The fourth-order valence-corrected chi connectivity index (χ4v) is 4.24. The fraction of sp³-hybridized carbons (Fsp3) is 0.154. The van der Waals surface area contributed by atoms with Crippen molar-refractivity contribution in [2.45, 2.75) is 13.3 Å². The minimum absolute atomic E-state index is 0.577. The van der Waals surface area contributed by atoms with Gasteiger partial charge in [0.05, 0.1) is 17.6 Å². The lowest BCUT2D eigenvalue weighted by Gasteiger charge is -2.11. The van der Waals surface area contributed by atoms with Crippen molar-refractivity contribution in [3.63, 3.8) is 0 Å². The van der Waals surface area contributed by atoms with E-state index in [0.29, 0.717) is 18.3 Å². The smallest absolute Gasteiger partial charge is 0.223 e. The monoisotopic (exact) mass is 435 g/mol. The van der Waals surface area contributed by atoms with Gasteiger partial charge in [-0.25, -0.2) is 9.97 Å². The largest absolute Gasteiger partial charge is 0.361 e. The molecule has 7 heteroatoms. The number of hydrogen-bond donors (Lipinski definition) is 3. The molecule has 0 amide bonds. The van der Waals surface area contributed by atoms with Gasteiger partial charge in [-0.05, 0) is 36.6 Å². The average Bonchev–Trinajstić information content (AvgIpc) is 3.20. The molecule has 5 rings (SSSR count). The summed E-state index contributed by atoms with van der Waals surface area (Å²) in [7, 11) is 1.75. The number of H-pyrrole nitrogens is 1. The van der Waals surface area contributed by atoms with Gasteiger partial charge >= 0.3 is 0 Å². The van der Waals surface area contributed by atoms with E-state index >= 15 is 0 Å². The maximum absolute atomic E-state index is 4.88. The molecular weight excluding hydrogens is 410 g/mol. The molecule has 164 valence electrons. The van der Waals surface area contributed by atoms with Gasteiger partial charge in [-0.1, -0.05) is 30.9 Å². The number of para-hydroxylation sites is 1. The number of benzene rings is 1. The van der Waals surface area contributed by atoms with Gasteiger partial charge < -0.3 is 15.6 Å². The molecule has 4 heterocycles. The molecule has 1 aliphatic rings. The molecule has 0 aliphatic carbocycles. The number of anilines is 2. The van der Waals surface area contributed by atoms with E-state index in [9.17, 15) is 0 Å². The molecule has 7 nitrogen and oxygen atoms in total. The summed E-state index contributed by atoms with van der Waals surface area (Å²) in [4.78, 5) is 21.6. The Morgan fingerprint density at radius 3 is 2.94 bits per heavy atom. The van der Waals surface area contributed by atoms with Crippen LogP contribution in [0.5, 0.6) is 0 Å². The Morgan fingerprint density at radius 1 is 1.18 bits per heavy atom. The second-order valence-corrected chi connectivity index (χ2v) is 7.88. The molecule has 33 heavy (non-hydrogen) atoms. The summed E-state index contributed by atoms with van der Waals surface area (Å²) in [6.07, 6.45) is 12.0. The standard InChI is InChI=1S/C26H25N7/c1-4-6-20-24-21(19-10-11-28-15-22(19)32-25(20)27-3)14-31-26(33-24)29-12-9-17-13-30-23-16(2)7-5-8-18(17)23/h4-8,10-11,13-15,30H,1,9,12H2,2-3H3,(H,27,32)(H,29,31,33)/b20-6-. The number of nitrogens with zero attached hydrogens (tertiary/aromatic N) is 4.